The summed E-state index contributed by atoms with van der Waals surface area (Å²) in [6, 6.07) is 7.09. The summed E-state index contributed by atoms with van der Waals surface area (Å²) < 4.78 is 1.78. The van der Waals surface area contributed by atoms with Gasteiger partial charge < -0.3 is 10.6 Å². The Morgan fingerprint density at radius 2 is 2.04 bits per heavy atom. The van der Waals surface area contributed by atoms with Crippen molar-refractivity contribution >= 4 is 41.5 Å². The van der Waals surface area contributed by atoms with Crippen molar-refractivity contribution in [3.63, 3.8) is 0 Å². The number of nitrogens with zero attached hydrogens (tertiary/aromatic N) is 2. The van der Waals surface area contributed by atoms with Gasteiger partial charge >= 0.3 is 0 Å². The zero-order valence-corrected chi connectivity index (χ0v) is 16.2. The standard InChI is InChI=1S/C17H20Cl2N4O.ClH/c1-12(13-3-4-14(18)15(19)11-13)22-16(24)17(5-8-20-9-6-17)23-10-2-7-21-23;/h2-4,7,10-12,20H,5-6,8-9H2,1H3,(H,22,24);1H. The van der Waals surface area contributed by atoms with Gasteiger partial charge in [-0.2, -0.15) is 5.10 Å². The molecule has 136 valence electrons. The molecule has 1 aromatic carbocycles. The molecule has 1 aliphatic heterocycles. The van der Waals surface area contributed by atoms with Crippen molar-refractivity contribution in [2.75, 3.05) is 13.1 Å². The summed E-state index contributed by atoms with van der Waals surface area (Å²) in [6.07, 6.45) is 4.97. The number of carbonyl (C=O) groups excluding carboxylic acids is 1. The van der Waals surface area contributed by atoms with Crippen LogP contribution in [-0.4, -0.2) is 28.8 Å². The van der Waals surface area contributed by atoms with Crippen LogP contribution in [0.2, 0.25) is 10.0 Å². The summed E-state index contributed by atoms with van der Waals surface area (Å²) in [5.41, 5.74) is 0.265. The first-order chi connectivity index (χ1) is 11.5. The molecule has 2 N–H and O–H groups in total. The molecule has 3 rings (SSSR count). The Balaban J connectivity index is 0.00000225. The Kier molecular flexibility index (Phi) is 6.74. The lowest BCUT2D eigenvalue weighted by Gasteiger charge is -2.37. The highest BCUT2D eigenvalue weighted by Gasteiger charge is 2.42. The molecule has 0 bridgehead atoms. The van der Waals surface area contributed by atoms with Crippen LogP contribution in [0.15, 0.2) is 36.7 Å². The van der Waals surface area contributed by atoms with Crippen LogP contribution in [0, 0.1) is 0 Å². The number of hydrogen-bond donors (Lipinski definition) is 2. The van der Waals surface area contributed by atoms with E-state index in [0.717, 1.165) is 18.7 Å². The van der Waals surface area contributed by atoms with Gasteiger partial charge in [-0.15, -0.1) is 12.4 Å². The maximum absolute atomic E-state index is 13.1. The van der Waals surface area contributed by atoms with Gasteiger partial charge in [-0.3, -0.25) is 9.48 Å². The second-order valence-electron chi connectivity index (χ2n) is 6.10. The monoisotopic (exact) mass is 402 g/mol. The van der Waals surface area contributed by atoms with Gasteiger partial charge in [0.25, 0.3) is 0 Å². The van der Waals surface area contributed by atoms with Crippen molar-refractivity contribution in [2.45, 2.75) is 31.3 Å². The van der Waals surface area contributed by atoms with Crippen LogP contribution in [0.5, 0.6) is 0 Å². The van der Waals surface area contributed by atoms with Gasteiger partial charge in [0.05, 0.1) is 16.1 Å². The summed E-state index contributed by atoms with van der Waals surface area (Å²) >= 11 is 12.0. The molecule has 8 heteroatoms. The summed E-state index contributed by atoms with van der Waals surface area (Å²) in [7, 11) is 0. The molecule has 25 heavy (non-hydrogen) atoms. The number of rotatable bonds is 4. The maximum atomic E-state index is 13.1. The number of benzene rings is 1. The lowest BCUT2D eigenvalue weighted by atomic mass is 9.87. The van der Waals surface area contributed by atoms with E-state index in [4.69, 9.17) is 23.2 Å². The number of aromatic nitrogens is 2. The van der Waals surface area contributed by atoms with Crippen molar-refractivity contribution in [2.24, 2.45) is 0 Å². The van der Waals surface area contributed by atoms with Crippen molar-refractivity contribution in [3.8, 4) is 0 Å². The second-order valence-corrected chi connectivity index (χ2v) is 6.92. The topological polar surface area (TPSA) is 59.0 Å². The van der Waals surface area contributed by atoms with Crippen LogP contribution in [0.3, 0.4) is 0 Å². The zero-order valence-electron chi connectivity index (χ0n) is 13.8. The number of piperidine rings is 1. The molecule has 1 fully saturated rings. The molecular formula is C17H21Cl3N4O. The van der Waals surface area contributed by atoms with Gasteiger partial charge in [0.1, 0.15) is 5.54 Å². The van der Waals surface area contributed by atoms with E-state index in [1.807, 2.05) is 25.3 Å². The number of hydrogen-bond acceptors (Lipinski definition) is 3. The van der Waals surface area contributed by atoms with Crippen molar-refractivity contribution < 1.29 is 4.79 Å². The first-order valence-corrected chi connectivity index (χ1v) is 8.75. The predicted octanol–water partition coefficient (Wildman–Crippen LogP) is 3.57. The fraction of sp³-hybridized carbons (Fsp3) is 0.412. The molecule has 1 atom stereocenters. The van der Waals surface area contributed by atoms with Crippen LogP contribution in [0.4, 0.5) is 0 Å². The average Bonchev–Trinajstić information content (AvgIpc) is 3.13. The fourth-order valence-corrected chi connectivity index (χ4v) is 3.43. The number of carbonyl (C=O) groups is 1. The van der Waals surface area contributed by atoms with Gasteiger partial charge in [0.15, 0.2) is 0 Å². The van der Waals surface area contributed by atoms with Crippen LogP contribution in [0.25, 0.3) is 0 Å². The van der Waals surface area contributed by atoms with Crippen molar-refractivity contribution in [1.82, 2.24) is 20.4 Å². The van der Waals surface area contributed by atoms with Crippen LogP contribution >= 0.6 is 35.6 Å². The van der Waals surface area contributed by atoms with E-state index >= 15 is 0 Å². The molecule has 1 saturated heterocycles. The minimum absolute atomic E-state index is 0. The highest BCUT2D eigenvalue weighted by molar-refractivity contribution is 6.42. The first-order valence-electron chi connectivity index (χ1n) is 8.00. The molecule has 1 unspecified atom stereocenters. The van der Waals surface area contributed by atoms with Crippen LogP contribution in [-0.2, 0) is 10.3 Å². The van der Waals surface area contributed by atoms with Gasteiger partial charge in [-0.1, -0.05) is 29.3 Å². The molecule has 5 nitrogen and oxygen atoms in total. The minimum atomic E-state index is -0.654. The summed E-state index contributed by atoms with van der Waals surface area (Å²) in [6.45, 7) is 3.51. The highest BCUT2D eigenvalue weighted by atomic mass is 35.5. The Hall–Kier alpha value is -1.27. The number of nitrogens with one attached hydrogen (secondary N) is 2. The van der Waals surface area contributed by atoms with Crippen LogP contribution < -0.4 is 10.6 Å². The third-order valence-corrected chi connectivity index (χ3v) is 5.33. The molecule has 0 radical (unpaired) electrons. The molecule has 0 spiro atoms. The van der Waals surface area contributed by atoms with Gasteiger partial charge in [0.2, 0.25) is 5.91 Å². The third-order valence-electron chi connectivity index (χ3n) is 4.59. The largest absolute Gasteiger partial charge is 0.347 e. The quantitative estimate of drug-likeness (QED) is 0.820. The molecule has 2 heterocycles. The van der Waals surface area contributed by atoms with Gasteiger partial charge in [0, 0.05) is 12.4 Å². The lowest BCUT2D eigenvalue weighted by Crippen LogP contribution is -2.55. The molecule has 1 aliphatic rings. The molecule has 2 aromatic rings. The van der Waals surface area contributed by atoms with Gasteiger partial charge in [-0.25, -0.2) is 0 Å². The van der Waals surface area contributed by atoms with E-state index in [1.54, 1.807) is 23.0 Å². The normalized spacial score (nSPS) is 17.4. The van der Waals surface area contributed by atoms with Crippen LogP contribution in [0.1, 0.15) is 31.4 Å². The van der Waals surface area contributed by atoms with E-state index in [1.165, 1.54) is 0 Å². The third kappa shape index (κ3) is 4.11. The molecular weight excluding hydrogens is 383 g/mol. The molecule has 0 saturated carbocycles. The zero-order chi connectivity index (χ0) is 17.2. The molecule has 0 aliphatic carbocycles. The Morgan fingerprint density at radius 1 is 1.32 bits per heavy atom. The Labute approximate surface area is 163 Å². The second kappa shape index (κ2) is 8.41. The van der Waals surface area contributed by atoms with Crippen molar-refractivity contribution in [1.29, 1.82) is 0 Å². The minimum Gasteiger partial charge on any atom is -0.347 e. The Morgan fingerprint density at radius 3 is 2.64 bits per heavy atom. The summed E-state index contributed by atoms with van der Waals surface area (Å²) in [5.74, 6) is -0.0220. The van der Waals surface area contributed by atoms with E-state index in [2.05, 4.69) is 15.7 Å². The smallest absolute Gasteiger partial charge is 0.248 e. The van der Waals surface area contributed by atoms with E-state index in [-0.39, 0.29) is 24.4 Å². The van der Waals surface area contributed by atoms with Gasteiger partial charge in [-0.05, 0) is 56.6 Å². The molecule has 1 amide bonds. The average molecular weight is 404 g/mol. The Bertz CT molecular complexity index is 715. The number of halogens is 3. The SMILES string of the molecule is CC(NC(=O)C1(n2cccn2)CCNCC1)c1ccc(Cl)c(Cl)c1.Cl. The molecule has 1 aromatic heterocycles. The van der Waals surface area contributed by atoms with Crippen molar-refractivity contribution in [3.05, 3.63) is 52.3 Å². The van der Waals surface area contributed by atoms with E-state index in [0.29, 0.717) is 22.9 Å². The lowest BCUT2D eigenvalue weighted by molar-refractivity contribution is -0.132. The van der Waals surface area contributed by atoms with E-state index in [9.17, 15) is 4.79 Å². The first kappa shape index (κ1) is 20.0. The number of amides is 1. The van der Waals surface area contributed by atoms with E-state index < -0.39 is 5.54 Å². The summed E-state index contributed by atoms with van der Waals surface area (Å²) in [4.78, 5) is 13.1. The summed E-state index contributed by atoms with van der Waals surface area (Å²) in [5, 5.41) is 11.7. The maximum Gasteiger partial charge on any atom is 0.248 e. The fourth-order valence-electron chi connectivity index (χ4n) is 3.12. The predicted molar refractivity (Wildman–Crippen MR) is 103 cm³/mol. The highest BCUT2D eigenvalue weighted by Crippen LogP contribution is 2.30.